The van der Waals surface area contributed by atoms with Crippen LogP contribution in [0.25, 0.3) is 21.5 Å². The number of hydrogen-bond acceptors (Lipinski definition) is 0. The van der Waals surface area contributed by atoms with Gasteiger partial charge >= 0.3 is 63.8 Å². The van der Waals surface area contributed by atoms with Gasteiger partial charge in [-0.25, -0.2) is 0 Å². The second kappa shape index (κ2) is 13.4. The van der Waals surface area contributed by atoms with Gasteiger partial charge in [-0.1, -0.05) is 107 Å². The van der Waals surface area contributed by atoms with Crippen LogP contribution < -0.4 is 24.8 Å². The zero-order valence-electron chi connectivity index (χ0n) is 23.1. The van der Waals surface area contributed by atoms with Crippen LogP contribution >= 0.6 is 0 Å². The van der Waals surface area contributed by atoms with E-state index in [-0.39, 0.29) is 43.1 Å². The first-order valence-electron chi connectivity index (χ1n) is 12.2. The zero-order valence-corrected chi connectivity index (χ0v) is 27.0. The Morgan fingerprint density at radius 1 is 0.757 bits per heavy atom. The Hall–Kier alpha value is -1.66. The molecular weight excluding hydrogens is 571 g/mol. The Morgan fingerprint density at radius 3 is 1.86 bits per heavy atom. The van der Waals surface area contributed by atoms with Crippen molar-refractivity contribution in [2.75, 3.05) is 0 Å². The first-order chi connectivity index (χ1) is 16.1. The van der Waals surface area contributed by atoms with Gasteiger partial charge in [-0.2, -0.15) is 0 Å². The van der Waals surface area contributed by atoms with Gasteiger partial charge in [-0.05, 0) is 16.7 Å². The minimum atomic E-state index is 0. The van der Waals surface area contributed by atoms with E-state index in [0.29, 0.717) is 5.92 Å². The first-order valence-corrected chi connectivity index (χ1v) is 13.6. The van der Waals surface area contributed by atoms with Crippen molar-refractivity contribution in [3.8, 4) is 0 Å². The van der Waals surface area contributed by atoms with E-state index in [0.717, 1.165) is 0 Å². The molecule has 194 valence electrons. The van der Waals surface area contributed by atoms with Gasteiger partial charge in [0.1, 0.15) is 0 Å². The molecule has 0 aliphatic heterocycles. The van der Waals surface area contributed by atoms with E-state index >= 15 is 0 Å². The van der Waals surface area contributed by atoms with Crippen LogP contribution in [0.5, 0.6) is 0 Å². The molecule has 0 heterocycles. The molecule has 0 saturated heterocycles. The average Bonchev–Trinajstić information content (AvgIpc) is 3.45. The number of halogens is 2. The molecule has 5 rings (SSSR count). The third-order valence-electron chi connectivity index (χ3n) is 6.65. The molecule has 0 N–H and O–H groups in total. The molecule has 0 saturated carbocycles. The van der Waals surface area contributed by atoms with Crippen LogP contribution in [-0.4, -0.2) is 3.71 Å². The molecule has 0 amide bonds. The van der Waals surface area contributed by atoms with Crippen molar-refractivity contribution in [2.24, 2.45) is 0 Å². The maximum atomic E-state index is 2.42. The van der Waals surface area contributed by atoms with E-state index in [1.165, 1.54) is 68.0 Å². The first kappa shape index (κ1) is 33.4. The van der Waals surface area contributed by atoms with Gasteiger partial charge in [0.2, 0.25) is 0 Å². The summed E-state index contributed by atoms with van der Waals surface area (Å²) in [6.07, 6.45) is 9.00. The van der Waals surface area contributed by atoms with Crippen LogP contribution in [-0.2, 0) is 35.1 Å². The molecule has 3 heteroatoms. The summed E-state index contributed by atoms with van der Waals surface area (Å²) in [7, 11) is 0. The third kappa shape index (κ3) is 7.47. The Bertz CT molecular complexity index is 1360. The number of rotatable bonds is 2. The molecule has 4 aromatic rings. The topological polar surface area (TPSA) is 0 Å². The van der Waals surface area contributed by atoms with E-state index in [9.17, 15) is 0 Å². The van der Waals surface area contributed by atoms with Crippen LogP contribution in [0.4, 0.5) is 0 Å². The molecular formula is C34H38Cl2Zr-2. The number of fused-ring (bicyclic) bond motifs is 3. The van der Waals surface area contributed by atoms with Crippen LogP contribution in [0.3, 0.4) is 0 Å². The standard InChI is InChI=1S/C26H29.C7H6.CH3.2ClH.Zr/c1-25(2,3)19-11-12-20-18(15-19)16-22-21(20)13-14-23(26(4,5)6)24(22)17-9-7-8-10-17;1-7-5-3-2-4-6-7;;;;/h7-17H,1-6H3;1-6H;1H3;2*1H;/q-1;;-1;;;+2/p-2. The van der Waals surface area contributed by atoms with E-state index in [2.05, 4.69) is 130 Å². The fraction of sp³-hybridized carbons (Fsp3) is 0.265. The van der Waals surface area contributed by atoms with Gasteiger partial charge < -0.3 is 32.2 Å². The maximum absolute atomic E-state index is 2.42. The number of allylic oxidation sites excluding steroid dienone is 4. The van der Waals surface area contributed by atoms with E-state index in [4.69, 9.17) is 0 Å². The van der Waals surface area contributed by atoms with Gasteiger partial charge in [0, 0.05) is 0 Å². The van der Waals surface area contributed by atoms with Crippen molar-refractivity contribution >= 4 is 25.3 Å². The Balaban J connectivity index is 0.000000539. The van der Waals surface area contributed by atoms with Crippen LogP contribution in [0.2, 0.25) is 0 Å². The summed E-state index contributed by atoms with van der Waals surface area (Å²) < 4.78 is 2.17. The summed E-state index contributed by atoms with van der Waals surface area (Å²) in [4.78, 5) is 0. The summed E-state index contributed by atoms with van der Waals surface area (Å²) in [6.45, 7) is 13.8. The van der Waals surface area contributed by atoms with Crippen molar-refractivity contribution in [3.05, 3.63) is 121 Å². The Morgan fingerprint density at radius 2 is 1.35 bits per heavy atom. The van der Waals surface area contributed by atoms with Gasteiger partial charge in [0.05, 0.1) is 0 Å². The summed E-state index contributed by atoms with van der Waals surface area (Å²) in [5.41, 5.74) is 5.97. The number of benzene rings is 3. The predicted octanol–water partition coefficient (Wildman–Crippen LogP) is 3.36. The molecule has 0 atom stereocenters. The second-order valence-electron chi connectivity index (χ2n) is 11.3. The fourth-order valence-corrected chi connectivity index (χ4v) is 5.24. The fourth-order valence-electron chi connectivity index (χ4n) is 4.76. The van der Waals surface area contributed by atoms with Gasteiger partial charge in [0.25, 0.3) is 0 Å². The Labute approximate surface area is 251 Å². The minimum absolute atomic E-state index is 0. The van der Waals surface area contributed by atoms with Crippen LogP contribution in [0.1, 0.15) is 69.7 Å². The molecule has 0 fully saturated rings. The Kier molecular flexibility index (Phi) is 12.1. The van der Waals surface area contributed by atoms with Crippen molar-refractivity contribution in [1.82, 2.24) is 0 Å². The molecule has 1 aliphatic rings. The number of hydrogen-bond donors (Lipinski definition) is 0. The van der Waals surface area contributed by atoms with Gasteiger partial charge in [-0.3, -0.25) is 0 Å². The molecule has 0 bridgehead atoms. The van der Waals surface area contributed by atoms with E-state index in [1.807, 2.05) is 6.07 Å². The molecule has 0 aromatic heterocycles. The van der Waals surface area contributed by atoms with Crippen molar-refractivity contribution in [2.45, 2.75) is 58.3 Å². The van der Waals surface area contributed by atoms with Crippen molar-refractivity contribution in [3.63, 3.8) is 0 Å². The summed E-state index contributed by atoms with van der Waals surface area (Å²) in [6, 6.07) is 24.5. The molecule has 0 radical (unpaired) electrons. The molecule has 0 spiro atoms. The molecule has 1 aliphatic carbocycles. The van der Waals surface area contributed by atoms with Crippen LogP contribution in [0.15, 0.2) is 91.0 Å². The van der Waals surface area contributed by atoms with Gasteiger partial charge in [0.15, 0.2) is 0 Å². The second-order valence-corrected chi connectivity index (χ2v) is 12.0. The average molecular weight is 609 g/mol. The predicted molar refractivity (Wildman–Crippen MR) is 153 cm³/mol. The third-order valence-corrected chi connectivity index (χ3v) is 7.47. The van der Waals surface area contributed by atoms with Gasteiger partial charge in [-0.15, -0.1) is 33.7 Å². The summed E-state index contributed by atoms with van der Waals surface area (Å²) >= 11 is 1.46. The van der Waals surface area contributed by atoms with Crippen LogP contribution in [0, 0.1) is 7.43 Å². The van der Waals surface area contributed by atoms with Crippen molar-refractivity contribution in [1.29, 1.82) is 0 Å². The zero-order chi connectivity index (χ0) is 24.5. The normalized spacial score (nSPS) is 12.9. The van der Waals surface area contributed by atoms with Crippen molar-refractivity contribution < 1.29 is 49.0 Å². The molecule has 4 aromatic carbocycles. The monoisotopic (exact) mass is 606 g/mol. The van der Waals surface area contributed by atoms with E-state index < -0.39 is 0 Å². The van der Waals surface area contributed by atoms with E-state index in [1.54, 1.807) is 0 Å². The molecule has 0 nitrogen and oxygen atoms in total. The SMILES string of the molecule is CC(C)(C)c1ccc2c(c1)[cH-]c1c(C3C=CC=C3)c(C(C)(C)C)ccc12.[CH3-].[Cl-].[Cl-].[Zr+2]=[CH]c1ccccc1. The summed E-state index contributed by atoms with van der Waals surface area (Å²) in [5.74, 6) is 0.381. The molecule has 37 heavy (non-hydrogen) atoms. The quantitative estimate of drug-likeness (QED) is 0.307. The molecule has 0 unspecified atom stereocenters. The summed E-state index contributed by atoms with van der Waals surface area (Å²) in [5, 5.41) is 5.54.